The normalized spacial score (nSPS) is 24.2. The van der Waals surface area contributed by atoms with E-state index < -0.39 is 11.5 Å². The number of rotatable bonds is 3. The van der Waals surface area contributed by atoms with E-state index in [0.717, 1.165) is 6.42 Å². The number of carboxylic acid groups (broad SMARTS) is 1. The van der Waals surface area contributed by atoms with Crippen molar-refractivity contribution in [1.82, 2.24) is 9.80 Å². The number of nitrogens with zero attached hydrogens (tertiary/aromatic N) is 2. The predicted molar refractivity (Wildman–Crippen MR) is 71.0 cm³/mol. The zero-order chi connectivity index (χ0) is 14.8. The Labute approximate surface area is 114 Å². The second kappa shape index (κ2) is 5.77. The Hall–Kier alpha value is -1.30. The number of methoxy groups -OCH3 is 1. The standard InChI is InChI=1S/C13H24N2O4/c1-9-6-7-15(8-10(9)19-5)12(18)14(4)13(2,3)11(16)17/h9-10H,6-8H2,1-5H3,(H,16,17). The van der Waals surface area contributed by atoms with Crippen molar-refractivity contribution in [3.8, 4) is 0 Å². The fraction of sp³-hybridized carbons (Fsp3) is 0.846. The smallest absolute Gasteiger partial charge is 0.329 e. The van der Waals surface area contributed by atoms with E-state index in [1.165, 1.54) is 25.8 Å². The van der Waals surface area contributed by atoms with Gasteiger partial charge >= 0.3 is 12.0 Å². The van der Waals surface area contributed by atoms with Crippen LogP contribution in [0.1, 0.15) is 27.2 Å². The van der Waals surface area contributed by atoms with E-state index in [9.17, 15) is 9.59 Å². The highest BCUT2D eigenvalue weighted by molar-refractivity contribution is 5.85. The summed E-state index contributed by atoms with van der Waals surface area (Å²) in [5.41, 5.74) is -1.22. The van der Waals surface area contributed by atoms with Crippen LogP contribution in [0.3, 0.4) is 0 Å². The van der Waals surface area contributed by atoms with Crippen molar-refractivity contribution in [2.75, 3.05) is 27.2 Å². The van der Waals surface area contributed by atoms with Gasteiger partial charge in [-0.25, -0.2) is 9.59 Å². The lowest BCUT2D eigenvalue weighted by Gasteiger charge is -2.41. The fourth-order valence-corrected chi connectivity index (χ4v) is 2.11. The molecule has 19 heavy (non-hydrogen) atoms. The monoisotopic (exact) mass is 272 g/mol. The Bertz CT molecular complexity index is 357. The summed E-state index contributed by atoms with van der Waals surface area (Å²) in [4.78, 5) is 26.5. The minimum atomic E-state index is -1.22. The van der Waals surface area contributed by atoms with Gasteiger partial charge in [0.15, 0.2) is 0 Å². The maximum absolute atomic E-state index is 12.4. The Balaban J connectivity index is 2.75. The maximum Gasteiger partial charge on any atom is 0.329 e. The zero-order valence-corrected chi connectivity index (χ0v) is 12.3. The highest BCUT2D eigenvalue weighted by atomic mass is 16.5. The van der Waals surface area contributed by atoms with Gasteiger partial charge in [-0.15, -0.1) is 0 Å². The lowest BCUT2D eigenvalue weighted by molar-refractivity contribution is -0.147. The van der Waals surface area contributed by atoms with E-state index in [1.807, 2.05) is 0 Å². The number of carbonyl (C=O) groups excluding carboxylic acids is 1. The summed E-state index contributed by atoms with van der Waals surface area (Å²) in [6, 6.07) is -0.263. The van der Waals surface area contributed by atoms with Crippen LogP contribution in [0.15, 0.2) is 0 Å². The van der Waals surface area contributed by atoms with E-state index in [1.54, 1.807) is 12.0 Å². The topological polar surface area (TPSA) is 70.1 Å². The van der Waals surface area contributed by atoms with Crippen LogP contribution >= 0.6 is 0 Å². The zero-order valence-electron chi connectivity index (χ0n) is 12.3. The first kappa shape index (κ1) is 15.8. The molecule has 1 aliphatic heterocycles. The van der Waals surface area contributed by atoms with Gasteiger partial charge in [0.2, 0.25) is 0 Å². The largest absolute Gasteiger partial charge is 0.480 e. The highest BCUT2D eigenvalue weighted by Crippen LogP contribution is 2.22. The quantitative estimate of drug-likeness (QED) is 0.839. The number of carbonyl (C=O) groups is 2. The van der Waals surface area contributed by atoms with Crippen LogP contribution in [-0.4, -0.2) is 65.8 Å². The Morgan fingerprint density at radius 2 is 2.00 bits per heavy atom. The molecule has 1 aliphatic rings. The first-order chi connectivity index (χ1) is 8.71. The van der Waals surface area contributed by atoms with E-state index in [2.05, 4.69) is 6.92 Å². The number of aliphatic carboxylic acids is 1. The number of hydrogen-bond donors (Lipinski definition) is 1. The molecule has 1 rings (SSSR count). The van der Waals surface area contributed by atoms with Crippen LogP contribution in [0.4, 0.5) is 4.79 Å². The van der Waals surface area contributed by atoms with E-state index in [4.69, 9.17) is 9.84 Å². The molecule has 6 heteroatoms. The summed E-state index contributed by atoms with van der Waals surface area (Å²) in [5.74, 6) is -0.608. The third kappa shape index (κ3) is 3.18. The number of likely N-dealkylation sites (N-methyl/N-ethyl adjacent to an activating group) is 1. The minimum Gasteiger partial charge on any atom is -0.480 e. The van der Waals surface area contributed by atoms with Gasteiger partial charge < -0.3 is 19.6 Å². The molecule has 1 fully saturated rings. The van der Waals surface area contributed by atoms with Gasteiger partial charge in [-0.05, 0) is 26.2 Å². The number of amides is 2. The molecule has 0 bridgehead atoms. The molecule has 1 N–H and O–H groups in total. The molecule has 2 amide bonds. The number of piperidine rings is 1. The molecule has 0 aliphatic carbocycles. The van der Waals surface area contributed by atoms with Crippen LogP contribution in [0, 0.1) is 5.92 Å². The SMILES string of the molecule is COC1CN(C(=O)N(C)C(C)(C)C(=O)O)CCC1C. The van der Waals surface area contributed by atoms with Gasteiger partial charge in [0.1, 0.15) is 5.54 Å². The first-order valence-electron chi connectivity index (χ1n) is 6.50. The summed E-state index contributed by atoms with van der Waals surface area (Å²) in [7, 11) is 3.16. The van der Waals surface area contributed by atoms with Gasteiger partial charge in [-0.1, -0.05) is 6.92 Å². The van der Waals surface area contributed by atoms with Crippen molar-refractivity contribution in [2.45, 2.75) is 38.8 Å². The van der Waals surface area contributed by atoms with Crippen molar-refractivity contribution in [2.24, 2.45) is 5.92 Å². The van der Waals surface area contributed by atoms with Crippen molar-refractivity contribution in [3.05, 3.63) is 0 Å². The van der Waals surface area contributed by atoms with E-state index >= 15 is 0 Å². The van der Waals surface area contributed by atoms with Crippen molar-refractivity contribution in [1.29, 1.82) is 0 Å². The third-order valence-electron chi connectivity index (χ3n) is 4.11. The van der Waals surface area contributed by atoms with Crippen molar-refractivity contribution >= 4 is 12.0 Å². The third-order valence-corrected chi connectivity index (χ3v) is 4.11. The number of carboxylic acids is 1. The molecule has 2 unspecified atom stereocenters. The molecule has 0 aromatic rings. The second-order valence-corrected chi connectivity index (χ2v) is 5.69. The fourth-order valence-electron chi connectivity index (χ4n) is 2.11. The molecule has 2 atom stereocenters. The van der Waals surface area contributed by atoms with Crippen LogP contribution in [0.25, 0.3) is 0 Å². The molecule has 0 aromatic heterocycles. The first-order valence-corrected chi connectivity index (χ1v) is 6.50. The molecule has 1 saturated heterocycles. The lowest BCUT2D eigenvalue weighted by atomic mass is 9.96. The average Bonchev–Trinajstić information content (AvgIpc) is 2.37. The minimum absolute atomic E-state index is 0.0130. The summed E-state index contributed by atoms with van der Waals surface area (Å²) in [6.07, 6.45) is 0.880. The Morgan fingerprint density at radius 3 is 2.47 bits per heavy atom. The second-order valence-electron chi connectivity index (χ2n) is 5.69. The van der Waals surface area contributed by atoms with Crippen LogP contribution in [0.5, 0.6) is 0 Å². The molecule has 0 aromatic carbocycles. The average molecular weight is 272 g/mol. The molecule has 0 spiro atoms. The number of likely N-dealkylation sites (tertiary alicyclic amines) is 1. The number of urea groups is 1. The van der Waals surface area contributed by atoms with Gasteiger partial charge in [-0.2, -0.15) is 0 Å². The molecule has 0 radical (unpaired) electrons. The summed E-state index contributed by atoms with van der Waals surface area (Å²) in [6.45, 7) is 6.29. The molecule has 0 saturated carbocycles. The van der Waals surface area contributed by atoms with E-state index in [0.29, 0.717) is 19.0 Å². The number of hydrogen-bond acceptors (Lipinski definition) is 3. The summed E-state index contributed by atoms with van der Waals surface area (Å²) < 4.78 is 5.37. The molecule has 110 valence electrons. The van der Waals surface area contributed by atoms with Gasteiger partial charge in [0, 0.05) is 27.2 Å². The van der Waals surface area contributed by atoms with Crippen LogP contribution < -0.4 is 0 Å². The van der Waals surface area contributed by atoms with Gasteiger partial charge in [-0.3, -0.25) is 0 Å². The van der Waals surface area contributed by atoms with Gasteiger partial charge in [0.05, 0.1) is 6.10 Å². The van der Waals surface area contributed by atoms with E-state index in [-0.39, 0.29) is 12.1 Å². The highest BCUT2D eigenvalue weighted by Gasteiger charge is 2.39. The number of ether oxygens (including phenoxy) is 1. The maximum atomic E-state index is 12.4. The summed E-state index contributed by atoms with van der Waals surface area (Å²) >= 11 is 0. The van der Waals surface area contributed by atoms with Crippen LogP contribution in [-0.2, 0) is 9.53 Å². The summed E-state index contributed by atoms with van der Waals surface area (Å²) in [5, 5.41) is 9.16. The molecule has 1 heterocycles. The predicted octanol–water partition coefficient (Wildman–Crippen LogP) is 1.26. The van der Waals surface area contributed by atoms with Gasteiger partial charge in [0.25, 0.3) is 0 Å². The Morgan fingerprint density at radius 1 is 1.42 bits per heavy atom. The van der Waals surface area contributed by atoms with Crippen molar-refractivity contribution in [3.63, 3.8) is 0 Å². The molecular formula is C13H24N2O4. The van der Waals surface area contributed by atoms with Crippen molar-refractivity contribution < 1.29 is 19.4 Å². The molecular weight excluding hydrogens is 248 g/mol. The molecule has 6 nitrogen and oxygen atoms in total. The Kier molecular flexibility index (Phi) is 4.79. The lowest BCUT2D eigenvalue weighted by Crippen LogP contribution is -2.58. The van der Waals surface area contributed by atoms with Crippen LogP contribution in [0.2, 0.25) is 0 Å².